The maximum atomic E-state index is 4.77. The van der Waals surface area contributed by atoms with Gasteiger partial charge in [0.05, 0.1) is 6.54 Å². The van der Waals surface area contributed by atoms with Gasteiger partial charge in [0.25, 0.3) is 0 Å². The average molecular weight is 340 g/mol. The molecule has 1 atom stereocenters. The molecule has 5 nitrogen and oxygen atoms in total. The average Bonchev–Trinajstić information content (AvgIpc) is 2.53. The molecule has 0 amide bonds. The van der Waals surface area contributed by atoms with Crippen molar-refractivity contribution in [2.24, 2.45) is 10.4 Å². The largest absolute Gasteiger partial charge is 0.357 e. The van der Waals surface area contributed by atoms with E-state index in [1.807, 2.05) is 0 Å². The van der Waals surface area contributed by atoms with Crippen LogP contribution in [0.4, 0.5) is 0 Å². The Morgan fingerprint density at radius 1 is 1.08 bits per heavy atom. The monoisotopic (exact) mass is 339 g/mol. The van der Waals surface area contributed by atoms with E-state index in [1.54, 1.807) is 0 Å². The smallest absolute Gasteiger partial charge is 0.191 e. The van der Waals surface area contributed by atoms with Crippen molar-refractivity contribution in [2.75, 3.05) is 52.4 Å². The van der Waals surface area contributed by atoms with Gasteiger partial charge in [0.2, 0.25) is 0 Å². The number of likely N-dealkylation sites (N-methyl/N-ethyl adjacent to an activating group) is 1. The van der Waals surface area contributed by atoms with Crippen LogP contribution in [0.5, 0.6) is 0 Å². The van der Waals surface area contributed by atoms with E-state index in [0.717, 1.165) is 25.6 Å². The Morgan fingerprint density at radius 3 is 2.25 bits per heavy atom. The van der Waals surface area contributed by atoms with Gasteiger partial charge >= 0.3 is 0 Å². The van der Waals surface area contributed by atoms with Crippen LogP contribution in [0, 0.1) is 5.41 Å². The lowest BCUT2D eigenvalue weighted by Crippen LogP contribution is -2.47. The molecule has 1 fully saturated rings. The zero-order chi connectivity index (χ0) is 18.0. The van der Waals surface area contributed by atoms with Crippen LogP contribution < -0.4 is 10.6 Å². The molecule has 1 rings (SSSR count). The topological polar surface area (TPSA) is 42.9 Å². The van der Waals surface area contributed by atoms with E-state index in [0.29, 0.717) is 11.5 Å². The molecule has 1 unspecified atom stereocenters. The molecule has 0 aliphatic carbocycles. The molecule has 0 aromatic carbocycles. The summed E-state index contributed by atoms with van der Waals surface area (Å²) in [4.78, 5) is 9.82. The van der Waals surface area contributed by atoms with E-state index in [9.17, 15) is 0 Å². The first-order chi connectivity index (χ1) is 11.3. The van der Waals surface area contributed by atoms with Gasteiger partial charge in [-0.05, 0) is 38.6 Å². The van der Waals surface area contributed by atoms with Crippen molar-refractivity contribution < 1.29 is 0 Å². The SMILES string of the molecule is CCNC(=NCCN1CCN(CC)CC1)NC(C)CCC(C)(C)C. The number of hydrogen-bond acceptors (Lipinski definition) is 3. The molecule has 2 N–H and O–H groups in total. The summed E-state index contributed by atoms with van der Waals surface area (Å²) in [7, 11) is 0. The summed E-state index contributed by atoms with van der Waals surface area (Å²) in [5.41, 5.74) is 0.395. The van der Waals surface area contributed by atoms with Crippen molar-refractivity contribution >= 4 is 5.96 Å². The van der Waals surface area contributed by atoms with Crippen LogP contribution in [0.1, 0.15) is 54.4 Å². The number of nitrogens with one attached hydrogen (secondary N) is 2. The molecule has 0 saturated carbocycles. The fourth-order valence-corrected chi connectivity index (χ4v) is 2.91. The highest BCUT2D eigenvalue weighted by atomic mass is 15.3. The lowest BCUT2D eigenvalue weighted by molar-refractivity contribution is 0.140. The molecule has 0 radical (unpaired) electrons. The maximum absolute atomic E-state index is 4.77. The lowest BCUT2D eigenvalue weighted by atomic mass is 9.89. The minimum Gasteiger partial charge on any atom is -0.357 e. The maximum Gasteiger partial charge on any atom is 0.191 e. The fourth-order valence-electron chi connectivity index (χ4n) is 2.91. The molecular weight excluding hydrogens is 298 g/mol. The minimum atomic E-state index is 0.395. The first kappa shape index (κ1) is 21.2. The number of rotatable bonds is 8. The zero-order valence-electron chi connectivity index (χ0n) is 17.0. The first-order valence-electron chi connectivity index (χ1n) is 9.83. The summed E-state index contributed by atoms with van der Waals surface area (Å²) in [6.07, 6.45) is 2.40. The predicted molar refractivity (Wildman–Crippen MR) is 106 cm³/mol. The molecule has 1 saturated heterocycles. The van der Waals surface area contributed by atoms with Crippen molar-refractivity contribution in [2.45, 2.75) is 60.4 Å². The fraction of sp³-hybridized carbons (Fsp3) is 0.947. The second-order valence-electron chi connectivity index (χ2n) is 8.18. The van der Waals surface area contributed by atoms with Gasteiger partial charge in [-0.25, -0.2) is 0 Å². The second-order valence-corrected chi connectivity index (χ2v) is 8.18. The third-order valence-electron chi connectivity index (χ3n) is 4.65. The normalized spacial score (nSPS) is 19.3. The standard InChI is InChI=1S/C19H41N5/c1-7-20-18(22-17(3)9-10-19(4,5)6)21-11-12-24-15-13-23(8-2)14-16-24/h17H,7-16H2,1-6H3,(H2,20,21,22). The number of piperazine rings is 1. The van der Waals surface area contributed by atoms with Crippen molar-refractivity contribution in [3.63, 3.8) is 0 Å². The van der Waals surface area contributed by atoms with Gasteiger partial charge in [0.1, 0.15) is 0 Å². The van der Waals surface area contributed by atoms with E-state index >= 15 is 0 Å². The summed E-state index contributed by atoms with van der Waals surface area (Å²) in [6.45, 7) is 22.3. The van der Waals surface area contributed by atoms with E-state index in [4.69, 9.17) is 4.99 Å². The van der Waals surface area contributed by atoms with Crippen LogP contribution in [0.3, 0.4) is 0 Å². The first-order valence-corrected chi connectivity index (χ1v) is 9.83. The third kappa shape index (κ3) is 9.48. The van der Waals surface area contributed by atoms with Crippen LogP contribution in [0.25, 0.3) is 0 Å². The molecule has 0 spiro atoms. The minimum absolute atomic E-state index is 0.395. The molecular formula is C19H41N5. The Balaban J connectivity index is 2.34. The van der Waals surface area contributed by atoms with Crippen LogP contribution in [-0.4, -0.2) is 74.2 Å². The van der Waals surface area contributed by atoms with Crippen molar-refractivity contribution in [3.8, 4) is 0 Å². The van der Waals surface area contributed by atoms with Crippen LogP contribution in [-0.2, 0) is 0 Å². The highest BCUT2D eigenvalue weighted by Crippen LogP contribution is 2.21. The summed E-state index contributed by atoms with van der Waals surface area (Å²) < 4.78 is 0. The summed E-state index contributed by atoms with van der Waals surface area (Å²) in [5.74, 6) is 0.964. The van der Waals surface area contributed by atoms with Gasteiger partial charge in [-0.1, -0.05) is 27.7 Å². The van der Waals surface area contributed by atoms with Crippen molar-refractivity contribution in [1.29, 1.82) is 0 Å². The van der Waals surface area contributed by atoms with Gasteiger partial charge in [0, 0.05) is 45.3 Å². The lowest BCUT2D eigenvalue weighted by Gasteiger charge is -2.33. The van der Waals surface area contributed by atoms with E-state index < -0.39 is 0 Å². The predicted octanol–water partition coefficient (Wildman–Crippen LogP) is 2.39. The van der Waals surface area contributed by atoms with Gasteiger partial charge in [-0.3, -0.25) is 9.89 Å². The molecule has 0 bridgehead atoms. The van der Waals surface area contributed by atoms with Crippen LogP contribution in [0.15, 0.2) is 4.99 Å². The van der Waals surface area contributed by atoms with Crippen molar-refractivity contribution in [3.05, 3.63) is 0 Å². The zero-order valence-corrected chi connectivity index (χ0v) is 17.0. The third-order valence-corrected chi connectivity index (χ3v) is 4.65. The van der Waals surface area contributed by atoms with E-state index in [2.05, 4.69) is 62.0 Å². The Morgan fingerprint density at radius 2 is 1.71 bits per heavy atom. The van der Waals surface area contributed by atoms with E-state index in [-0.39, 0.29) is 0 Å². The molecule has 5 heteroatoms. The molecule has 1 aliphatic rings. The summed E-state index contributed by atoms with van der Waals surface area (Å²) >= 11 is 0. The molecule has 24 heavy (non-hydrogen) atoms. The molecule has 1 heterocycles. The van der Waals surface area contributed by atoms with Gasteiger partial charge in [-0.15, -0.1) is 0 Å². The quantitative estimate of drug-likeness (QED) is 0.526. The number of nitrogens with zero attached hydrogens (tertiary/aromatic N) is 3. The van der Waals surface area contributed by atoms with Crippen LogP contribution >= 0.6 is 0 Å². The summed E-state index contributed by atoms with van der Waals surface area (Å²) in [6, 6.07) is 0.454. The Kier molecular flexibility index (Phi) is 9.67. The van der Waals surface area contributed by atoms with Crippen molar-refractivity contribution in [1.82, 2.24) is 20.4 Å². The highest BCUT2D eigenvalue weighted by molar-refractivity contribution is 5.80. The van der Waals surface area contributed by atoms with Gasteiger partial charge < -0.3 is 15.5 Å². The Hall–Kier alpha value is -0.810. The molecule has 0 aromatic rings. The Labute approximate surface area is 150 Å². The van der Waals surface area contributed by atoms with Crippen LogP contribution in [0.2, 0.25) is 0 Å². The molecule has 1 aliphatic heterocycles. The number of guanidine groups is 1. The van der Waals surface area contributed by atoms with Gasteiger partial charge in [0.15, 0.2) is 5.96 Å². The second kappa shape index (κ2) is 10.9. The summed E-state index contributed by atoms with van der Waals surface area (Å²) in [5, 5.41) is 6.93. The number of aliphatic imine (C=N–C) groups is 1. The molecule has 142 valence electrons. The molecule has 0 aromatic heterocycles. The van der Waals surface area contributed by atoms with E-state index in [1.165, 1.54) is 45.6 Å². The van der Waals surface area contributed by atoms with Gasteiger partial charge in [-0.2, -0.15) is 0 Å². The Bertz CT molecular complexity index is 353. The number of hydrogen-bond donors (Lipinski definition) is 2. The highest BCUT2D eigenvalue weighted by Gasteiger charge is 2.15.